The second-order valence-electron chi connectivity index (χ2n) is 2.99. The first kappa shape index (κ1) is 12.7. The number of hydrogen-bond acceptors (Lipinski definition) is 6. The third kappa shape index (κ3) is 3.92. The van der Waals surface area contributed by atoms with Crippen LogP contribution in [-0.4, -0.2) is 42.1 Å². The van der Waals surface area contributed by atoms with E-state index in [1.807, 2.05) is 0 Å². The molecule has 0 unspecified atom stereocenters. The molecule has 86 valence electrons. The van der Waals surface area contributed by atoms with Crippen molar-refractivity contribution in [3.63, 3.8) is 0 Å². The molecule has 1 fully saturated rings. The molecule has 7 heteroatoms. The van der Waals surface area contributed by atoms with Crippen molar-refractivity contribution in [3.05, 3.63) is 0 Å². The number of nitrogens with one attached hydrogen (secondary N) is 1. The Morgan fingerprint density at radius 1 is 1.60 bits per heavy atom. The zero-order valence-corrected chi connectivity index (χ0v) is 10.0. The van der Waals surface area contributed by atoms with Crippen LogP contribution in [0.15, 0.2) is 0 Å². The molecular formula is C8H14N2O3S2. The summed E-state index contributed by atoms with van der Waals surface area (Å²) >= 11 is 0. The summed E-state index contributed by atoms with van der Waals surface area (Å²) in [4.78, 5) is 22.8. The van der Waals surface area contributed by atoms with Gasteiger partial charge in [0.2, 0.25) is 5.91 Å². The highest BCUT2D eigenvalue weighted by atomic mass is 33.1. The number of amides is 1. The Kier molecular flexibility index (Phi) is 5.27. The second-order valence-corrected chi connectivity index (χ2v) is 5.54. The van der Waals surface area contributed by atoms with Crippen molar-refractivity contribution in [1.29, 1.82) is 0 Å². The molecule has 0 aliphatic carbocycles. The summed E-state index contributed by atoms with van der Waals surface area (Å²) in [5, 5.41) is 2.58. The van der Waals surface area contributed by atoms with Gasteiger partial charge in [0.05, 0.1) is 12.6 Å². The minimum absolute atomic E-state index is 0.291. The van der Waals surface area contributed by atoms with Gasteiger partial charge in [0.25, 0.3) is 0 Å². The molecule has 5 nitrogen and oxygen atoms in total. The van der Waals surface area contributed by atoms with Crippen LogP contribution in [0.5, 0.6) is 0 Å². The zero-order valence-electron chi connectivity index (χ0n) is 8.39. The molecule has 0 bridgehead atoms. The quantitative estimate of drug-likeness (QED) is 0.520. The fourth-order valence-electron chi connectivity index (χ4n) is 1.00. The van der Waals surface area contributed by atoms with E-state index in [2.05, 4.69) is 5.32 Å². The van der Waals surface area contributed by atoms with E-state index >= 15 is 0 Å². The van der Waals surface area contributed by atoms with Crippen LogP contribution in [0.1, 0.15) is 6.92 Å². The van der Waals surface area contributed by atoms with E-state index in [4.69, 9.17) is 10.5 Å². The molecule has 0 spiro atoms. The van der Waals surface area contributed by atoms with E-state index in [-0.39, 0.29) is 5.91 Å². The summed E-state index contributed by atoms with van der Waals surface area (Å²) in [6.07, 6.45) is 0. The molecule has 0 saturated carbocycles. The van der Waals surface area contributed by atoms with E-state index in [9.17, 15) is 9.59 Å². The summed E-state index contributed by atoms with van der Waals surface area (Å²) < 4.78 is 4.84. The van der Waals surface area contributed by atoms with Crippen molar-refractivity contribution < 1.29 is 14.3 Å². The Morgan fingerprint density at radius 3 is 2.93 bits per heavy atom. The predicted molar refractivity (Wildman–Crippen MR) is 61.5 cm³/mol. The van der Waals surface area contributed by atoms with Gasteiger partial charge in [-0.1, -0.05) is 21.6 Å². The Bertz CT molecular complexity index is 250. The van der Waals surface area contributed by atoms with Crippen LogP contribution in [0.3, 0.4) is 0 Å². The van der Waals surface area contributed by atoms with E-state index in [0.717, 1.165) is 0 Å². The average molecular weight is 250 g/mol. The summed E-state index contributed by atoms with van der Waals surface area (Å²) in [7, 11) is 3.02. The van der Waals surface area contributed by atoms with Crippen molar-refractivity contribution in [2.75, 3.05) is 18.1 Å². The lowest BCUT2D eigenvalue weighted by molar-refractivity contribution is -0.146. The van der Waals surface area contributed by atoms with Gasteiger partial charge in [0.15, 0.2) is 0 Å². The molecule has 0 aromatic rings. The molecule has 0 aromatic carbocycles. The van der Waals surface area contributed by atoms with Gasteiger partial charge in [-0.3, -0.25) is 4.79 Å². The van der Waals surface area contributed by atoms with Crippen LogP contribution in [0.2, 0.25) is 0 Å². The van der Waals surface area contributed by atoms with Gasteiger partial charge in [-0.2, -0.15) is 0 Å². The number of carbonyl (C=O) groups excluding carboxylic acids is 2. The standard InChI is InChI=1S/C8H14N2O3S2/c1-2-13-8(12)6-4-15-14-3-5(9)7(11)10-6/h5-6H,2-4,9H2,1H3,(H,10,11)/t5-,6-/m1/s1. The van der Waals surface area contributed by atoms with E-state index < -0.39 is 18.1 Å². The van der Waals surface area contributed by atoms with Crippen LogP contribution in [0, 0.1) is 0 Å². The fraction of sp³-hybridized carbons (Fsp3) is 0.750. The van der Waals surface area contributed by atoms with Gasteiger partial charge >= 0.3 is 5.97 Å². The summed E-state index contributed by atoms with van der Waals surface area (Å²) in [5.41, 5.74) is 5.59. The molecule has 1 amide bonds. The monoisotopic (exact) mass is 250 g/mol. The molecule has 15 heavy (non-hydrogen) atoms. The zero-order chi connectivity index (χ0) is 11.3. The summed E-state index contributed by atoms with van der Waals surface area (Å²) in [5.74, 6) is 0.391. The Balaban J connectivity index is 2.55. The third-order valence-corrected chi connectivity index (χ3v) is 4.24. The van der Waals surface area contributed by atoms with Crippen LogP contribution in [0.25, 0.3) is 0 Å². The van der Waals surface area contributed by atoms with Gasteiger partial charge in [-0.25, -0.2) is 4.79 Å². The first-order valence-corrected chi connectivity index (χ1v) is 7.11. The third-order valence-electron chi connectivity index (χ3n) is 1.79. The molecule has 0 radical (unpaired) electrons. The maximum Gasteiger partial charge on any atom is 0.329 e. The molecule has 3 N–H and O–H groups in total. The fourth-order valence-corrected chi connectivity index (χ4v) is 3.27. The maximum absolute atomic E-state index is 11.4. The molecule has 2 atom stereocenters. The largest absolute Gasteiger partial charge is 0.464 e. The van der Waals surface area contributed by atoms with Gasteiger partial charge < -0.3 is 15.8 Å². The molecule has 1 aliphatic rings. The lowest BCUT2D eigenvalue weighted by Crippen LogP contribution is -2.51. The van der Waals surface area contributed by atoms with Gasteiger partial charge in [0, 0.05) is 11.5 Å². The first-order chi connectivity index (χ1) is 7.15. The second kappa shape index (κ2) is 6.24. The Labute approximate surface area is 96.3 Å². The molecular weight excluding hydrogens is 236 g/mol. The van der Waals surface area contributed by atoms with Gasteiger partial charge in [0.1, 0.15) is 6.04 Å². The predicted octanol–water partition coefficient (Wildman–Crippen LogP) is -0.243. The van der Waals surface area contributed by atoms with Crippen molar-refractivity contribution in [1.82, 2.24) is 5.32 Å². The summed E-state index contributed by atoms with van der Waals surface area (Å²) in [6, 6.07) is -1.14. The highest BCUT2D eigenvalue weighted by Crippen LogP contribution is 2.24. The number of ether oxygens (including phenoxy) is 1. The maximum atomic E-state index is 11.4. The average Bonchev–Trinajstić information content (AvgIpc) is 2.19. The highest BCUT2D eigenvalue weighted by molar-refractivity contribution is 8.76. The number of nitrogens with two attached hydrogens (primary N) is 1. The molecule has 1 heterocycles. The van der Waals surface area contributed by atoms with Crippen molar-refractivity contribution in [2.24, 2.45) is 5.73 Å². The first-order valence-electron chi connectivity index (χ1n) is 4.62. The normalized spacial score (nSPS) is 27.5. The van der Waals surface area contributed by atoms with E-state index in [1.54, 1.807) is 6.92 Å². The van der Waals surface area contributed by atoms with Gasteiger partial charge in [-0.05, 0) is 6.92 Å². The van der Waals surface area contributed by atoms with Gasteiger partial charge in [-0.15, -0.1) is 0 Å². The lowest BCUT2D eigenvalue weighted by Gasteiger charge is -2.21. The van der Waals surface area contributed by atoms with Crippen molar-refractivity contribution in [2.45, 2.75) is 19.0 Å². The van der Waals surface area contributed by atoms with Crippen LogP contribution in [-0.2, 0) is 14.3 Å². The summed E-state index contributed by atoms with van der Waals surface area (Å²) in [6.45, 7) is 2.05. The van der Waals surface area contributed by atoms with Crippen LogP contribution in [0.4, 0.5) is 0 Å². The molecule has 1 saturated heterocycles. The van der Waals surface area contributed by atoms with E-state index in [0.29, 0.717) is 18.1 Å². The van der Waals surface area contributed by atoms with Crippen LogP contribution >= 0.6 is 21.6 Å². The molecule has 1 rings (SSSR count). The smallest absolute Gasteiger partial charge is 0.329 e. The Morgan fingerprint density at radius 2 is 2.27 bits per heavy atom. The molecule has 0 aromatic heterocycles. The number of rotatable bonds is 2. The lowest BCUT2D eigenvalue weighted by atomic mass is 10.3. The van der Waals surface area contributed by atoms with Crippen molar-refractivity contribution in [3.8, 4) is 0 Å². The topological polar surface area (TPSA) is 81.4 Å². The minimum Gasteiger partial charge on any atom is -0.464 e. The van der Waals surface area contributed by atoms with E-state index in [1.165, 1.54) is 21.6 Å². The number of esters is 1. The van der Waals surface area contributed by atoms with Crippen molar-refractivity contribution >= 4 is 33.5 Å². The number of carbonyl (C=O) groups is 2. The number of hydrogen-bond donors (Lipinski definition) is 2. The molecule has 1 aliphatic heterocycles. The Hall–Kier alpha value is -0.400. The highest BCUT2D eigenvalue weighted by Gasteiger charge is 2.27. The SMILES string of the molecule is CCOC(=O)[C@H]1CSSC[C@@H](N)C(=O)N1. The minimum atomic E-state index is -0.582. The van der Waals surface area contributed by atoms with Crippen LogP contribution < -0.4 is 11.1 Å².